The van der Waals surface area contributed by atoms with Gasteiger partial charge in [-0.05, 0) is 30.6 Å². The minimum Gasteiger partial charge on any atom is -0.480 e. The van der Waals surface area contributed by atoms with E-state index < -0.39 is 5.97 Å². The number of likely N-dealkylation sites (tertiary alicyclic amines) is 1. The first kappa shape index (κ1) is 14.5. The lowest BCUT2D eigenvalue weighted by molar-refractivity contribution is -0.143. The highest BCUT2D eigenvalue weighted by molar-refractivity contribution is 5.74. The summed E-state index contributed by atoms with van der Waals surface area (Å²) < 4.78 is 1.91. The summed E-state index contributed by atoms with van der Waals surface area (Å²) >= 11 is 0. The molecule has 1 aliphatic carbocycles. The van der Waals surface area contributed by atoms with Crippen LogP contribution in [0.2, 0.25) is 0 Å². The number of carboxylic acid groups (broad SMARTS) is 1. The average Bonchev–Trinajstić information content (AvgIpc) is 3.05. The number of hydrogen-bond acceptors (Lipinski definition) is 4. The Morgan fingerprint density at radius 2 is 2.29 bits per heavy atom. The van der Waals surface area contributed by atoms with Crippen LogP contribution in [0, 0.1) is 17.8 Å². The van der Waals surface area contributed by atoms with Crippen LogP contribution in [0.25, 0.3) is 0 Å². The van der Waals surface area contributed by atoms with E-state index in [-0.39, 0.29) is 6.04 Å². The van der Waals surface area contributed by atoms with Crippen LogP contribution in [-0.4, -0.2) is 43.3 Å². The van der Waals surface area contributed by atoms with Gasteiger partial charge in [0.15, 0.2) is 0 Å². The molecule has 0 spiro atoms. The normalized spacial score (nSPS) is 29.2. The van der Waals surface area contributed by atoms with E-state index in [0.717, 1.165) is 25.3 Å². The van der Waals surface area contributed by atoms with E-state index >= 15 is 0 Å². The summed E-state index contributed by atoms with van der Waals surface area (Å²) in [6.07, 6.45) is 4.97. The Bertz CT molecular complexity index is 514. The van der Waals surface area contributed by atoms with Crippen molar-refractivity contribution in [3.05, 3.63) is 12.2 Å². The Morgan fingerprint density at radius 3 is 3.00 bits per heavy atom. The summed E-state index contributed by atoms with van der Waals surface area (Å²) in [5, 5.41) is 13.9. The molecule has 1 aliphatic heterocycles. The number of carbonyl (C=O) groups is 1. The molecule has 0 radical (unpaired) electrons. The van der Waals surface area contributed by atoms with Crippen LogP contribution in [0.5, 0.6) is 0 Å². The molecule has 1 saturated carbocycles. The van der Waals surface area contributed by atoms with Gasteiger partial charge in [-0.1, -0.05) is 20.3 Å². The molecule has 3 rings (SSSR count). The molecule has 2 fully saturated rings. The second kappa shape index (κ2) is 5.75. The molecule has 21 heavy (non-hydrogen) atoms. The van der Waals surface area contributed by atoms with Crippen LogP contribution in [0.4, 0.5) is 0 Å². The molecule has 0 amide bonds. The maximum Gasteiger partial charge on any atom is 0.321 e. The molecule has 6 heteroatoms. The van der Waals surface area contributed by atoms with E-state index in [2.05, 4.69) is 28.8 Å². The largest absolute Gasteiger partial charge is 0.480 e. The number of aromatic nitrogens is 3. The Kier molecular flexibility index (Phi) is 3.97. The number of rotatable bonds is 5. The topological polar surface area (TPSA) is 71.2 Å². The van der Waals surface area contributed by atoms with Crippen LogP contribution in [0.15, 0.2) is 6.33 Å². The standard InChI is InChI=1S/C15H24N4O2/c1-10(2)6-19-13(16-9-17-19)8-18-7-11-4-3-5-12(11)14(18)15(20)21/h9-12,14H,3-8H2,1-2H3,(H,20,21). The molecule has 0 bridgehead atoms. The van der Waals surface area contributed by atoms with Gasteiger partial charge in [-0.2, -0.15) is 5.10 Å². The third-order valence-electron chi connectivity index (χ3n) is 4.82. The molecule has 2 aliphatic rings. The fourth-order valence-corrected chi connectivity index (χ4v) is 3.99. The Hall–Kier alpha value is -1.43. The SMILES string of the molecule is CC(C)Cn1ncnc1CN1CC2CCCC2C1C(=O)O. The van der Waals surface area contributed by atoms with Crippen molar-refractivity contribution in [1.82, 2.24) is 19.7 Å². The Morgan fingerprint density at radius 1 is 1.48 bits per heavy atom. The van der Waals surface area contributed by atoms with Gasteiger partial charge in [0.2, 0.25) is 0 Å². The molecule has 116 valence electrons. The number of hydrogen-bond donors (Lipinski definition) is 1. The first-order valence-corrected chi connectivity index (χ1v) is 7.89. The maximum absolute atomic E-state index is 11.7. The molecular formula is C15H24N4O2. The van der Waals surface area contributed by atoms with Crippen molar-refractivity contribution in [3.63, 3.8) is 0 Å². The smallest absolute Gasteiger partial charge is 0.321 e. The second-order valence-electron chi connectivity index (χ2n) is 6.82. The van der Waals surface area contributed by atoms with E-state index in [4.69, 9.17) is 0 Å². The van der Waals surface area contributed by atoms with Crippen LogP contribution in [0.1, 0.15) is 38.9 Å². The van der Waals surface area contributed by atoms with Gasteiger partial charge in [-0.3, -0.25) is 9.69 Å². The average molecular weight is 292 g/mol. The fraction of sp³-hybridized carbons (Fsp3) is 0.800. The zero-order valence-corrected chi connectivity index (χ0v) is 12.8. The first-order valence-electron chi connectivity index (χ1n) is 7.89. The minimum absolute atomic E-state index is 0.323. The summed E-state index contributed by atoms with van der Waals surface area (Å²) in [6.45, 7) is 6.60. The number of carboxylic acids is 1. The van der Waals surface area contributed by atoms with E-state index in [9.17, 15) is 9.90 Å². The highest BCUT2D eigenvalue weighted by Gasteiger charge is 2.47. The lowest BCUT2D eigenvalue weighted by atomic mass is 9.94. The highest BCUT2D eigenvalue weighted by Crippen LogP contribution is 2.42. The van der Waals surface area contributed by atoms with Crippen molar-refractivity contribution in [2.24, 2.45) is 17.8 Å². The number of nitrogens with zero attached hydrogens (tertiary/aromatic N) is 4. The molecule has 1 aromatic rings. The van der Waals surface area contributed by atoms with Crippen LogP contribution >= 0.6 is 0 Å². The molecule has 3 atom stereocenters. The van der Waals surface area contributed by atoms with Gasteiger partial charge in [0.25, 0.3) is 0 Å². The third kappa shape index (κ3) is 2.81. The highest BCUT2D eigenvalue weighted by atomic mass is 16.4. The lowest BCUT2D eigenvalue weighted by Crippen LogP contribution is -2.39. The van der Waals surface area contributed by atoms with Crippen LogP contribution in [0.3, 0.4) is 0 Å². The summed E-state index contributed by atoms with van der Waals surface area (Å²) in [5.41, 5.74) is 0. The molecule has 0 aromatic carbocycles. The molecule has 1 saturated heterocycles. The van der Waals surface area contributed by atoms with Gasteiger partial charge in [0.05, 0.1) is 6.54 Å². The molecule has 1 N–H and O–H groups in total. The molecule has 2 heterocycles. The van der Waals surface area contributed by atoms with Crippen molar-refractivity contribution in [2.45, 2.75) is 52.2 Å². The van der Waals surface area contributed by atoms with Gasteiger partial charge in [-0.25, -0.2) is 9.67 Å². The maximum atomic E-state index is 11.7. The zero-order chi connectivity index (χ0) is 15.0. The molecule has 6 nitrogen and oxygen atoms in total. The first-order chi connectivity index (χ1) is 10.1. The van der Waals surface area contributed by atoms with E-state index in [1.54, 1.807) is 6.33 Å². The van der Waals surface area contributed by atoms with Crippen molar-refractivity contribution < 1.29 is 9.90 Å². The van der Waals surface area contributed by atoms with Gasteiger partial charge >= 0.3 is 5.97 Å². The van der Waals surface area contributed by atoms with E-state index in [1.807, 2.05) is 4.68 Å². The van der Waals surface area contributed by atoms with Crippen LogP contribution in [-0.2, 0) is 17.9 Å². The van der Waals surface area contributed by atoms with Gasteiger partial charge in [0, 0.05) is 13.1 Å². The predicted molar refractivity (Wildman–Crippen MR) is 77.5 cm³/mol. The van der Waals surface area contributed by atoms with E-state index in [0.29, 0.717) is 24.3 Å². The van der Waals surface area contributed by atoms with Gasteiger partial charge in [0.1, 0.15) is 18.2 Å². The minimum atomic E-state index is -0.681. The quantitative estimate of drug-likeness (QED) is 0.893. The summed E-state index contributed by atoms with van der Waals surface area (Å²) in [5.74, 6) is 1.57. The Balaban J connectivity index is 1.75. The van der Waals surface area contributed by atoms with Crippen molar-refractivity contribution >= 4 is 5.97 Å². The summed E-state index contributed by atoms with van der Waals surface area (Å²) in [6, 6.07) is -0.346. The predicted octanol–water partition coefficient (Wildman–Crippen LogP) is 1.62. The van der Waals surface area contributed by atoms with Crippen molar-refractivity contribution in [1.29, 1.82) is 0 Å². The van der Waals surface area contributed by atoms with Crippen LogP contribution < -0.4 is 0 Å². The molecule has 1 aromatic heterocycles. The molecular weight excluding hydrogens is 268 g/mol. The molecule has 3 unspecified atom stereocenters. The second-order valence-corrected chi connectivity index (χ2v) is 6.82. The van der Waals surface area contributed by atoms with Crippen molar-refractivity contribution in [3.8, 4) is 0 Å². The lowest BCUT2D eigenvalue weighted by Gasteiger charge is -2.24. The fourth-order valence-electron chi connectivity index (χ4n) is 3.99. The third-order valence-corrected chi connectivity index (χ3v) is 4.82. The van der Waals surface area contributed by atoms with Gasteiger partial charge < -0.3 is 5.11 Å². The summed E-state index contributed by atoms with van der Waals surface area (Å²) in [4.78, 5) is 18.1. The summed E-state index contributed by atoms with van der Waals surface area (Å²) in [7, 11) is 0. The number of fused-ring (bicyclic) bond motifs is 1. The zero-order valence-electron chi connectivity index (χ0n) is 12.8. The van der Waals surface area contributed by atoms with E-state index in [1.165, 1.54) is 12.8 Å². The Labute approximate surface area is 125 Å². The number of aliphatic carboxylic acids is 1. The van der Waals surface area contributed by atoms with Gasteiger partial charge in [-0.15, -0.1) is 0 Å². The van der Waals surface area contributed by atoms with Crippen molar-refractivity contribution in [2.75, 3.05) is 6.54 Å². The monoisotopic (exact) mass is 292 g/mol.